The van der Waals surface area contributed by atoms with Crippen LogP contribution in [0.4, 0.5) is 0 Å². The Kier molecular flexibility index (Phi) is 4.51. The highest BCUT2D eigenvalue weighted by atomic mass is 32.2. The van der Waals surface area contributed by atoms with E-state index in [-0.39, 0.29) is 5.91 Å². The molecule has 136 valence electrons. The summed E-state index contributed by atoms with van der Waals surface area (Å²) in [5, 5.41) is 16.8. The number of amides is 1. The number of thioether (sulfide) groups is 1. The summed E-state index contributed by atoms with van der Waals surface area (Å²) in [6.45, 7) is 5.23. The van der Waals surface area contributed by atoms with Crippen molar-refractivity contribution in [2.24, 2.45) is 11.8 Å². The number of allylic oxidation sites excluding steroid dienone is 5. The lowest BCUT2D eigenvalue weighted by Gasteiger charge is -2.40. The third kappa shape index (κ3) is 3.02. The molecule has 0 bridgehead atoms. The molecule has 0 spiro atoms. The second-order valence-electron chi connectivity index (χ2n) is 7.66. The first-order valence-electron chi connectivity index (χ1n) is 9.41. The number of rotatable bonds is 4. The molecule has 0 aromatic rings. The van der Waals surface area contributed by atoms with E-state index in [1.54, 1.807) is 6.92 Å². The summed E-state index contributed by atoms with van der Waals surface area (Å²) < 4.78 is 0. The zero-order valence-electron chi connectivity index (χ0n) is 15.4. The fourth-order valence-electron chi connectivity index (χ4n) is 3.86. The number of nitrogens with zero attached hydrogens (tertiary/aromatic N) is 1. The van der Waals surface area contributed by atoms with Crippen LogP contribution < -0.4 is 0 Å². The van der Waals surface area contributed by atoms with E-state index >= 15 is 0 Å². The number of hydrogen-bond donors (Lipinski definition) is 2. The first-order valence-corrected chi connectivity index (χ1v) is 10.2. The Labute approximate surface area is 159 Å². The standard InChI is InChI=1S/C21H25N3OS/c1-12(13(2)22)17-18(15-8-9-15)19(26-20(17)23)21(25)24-10-16(11-24)14-6-4-3-5-7-14/h4,6-7,15-16,22-23H,3,5,8-11H2,1-2H3/b17-12-,22-13?,23-20?. The van der Waals surface area contributed by atoms with Crippen LogP contribution in [0.25, 0.3) is 0 Å². The highest BCUT2D eigenvalue weighted by molar-refractivity contribution is 8.18. The molecule has 2 N–H and O–H groups in total. The highest BCUT2D eigenvalue weighted by Gasteiger charge is 2.43. The van der Waals surface area contributed by atoms with Gasteiger partial charge in [-0.15, -0.1) is 0 Å². The van der Waals surface area contributed by atoms with Crippen molar-refractivity contribution in [2.75, 3.05) is 13.1 Å². The molecule has 1 amide bonds. The second kappa shape index (κ2) is 6.69. The molecule has 0 unspecified atom stereocenters. The summed E-state index contributed by atoms with van der Waals surface area (Å²) in [5.41, 5.74) is 4.60. The van der Waals surface area contributed by atoms with Crippen molar-refractivity contribution in [3.05, 3.63) is 45.4 Å². The molecule has 4 rings (SSSR count). The van der Waals surface area contributed by atoms with Gasteiger partial charge < -0.3 is 10.3 Å². The molecule has 2 heterocycles. The Hall–Kier alpha value is -1.88. The van der Waals surface area contributed by atoms with Gasteiger partial charge in [-0.25, -0.2) is 0 Å². The lowest BCUT2D eigenvalue weighted by Crippen LogP contribution is -2.50. The summed E-state index contributed by atoms with van der Waals surface area (Å²) >= 11 is 1.31. The van der Waals surface area contributed by atoms with Crippen LogP contribution in [-0.4, -0.2) is 34.7 Å². The van der Waals surface area contributed by atoms with Crippen molar-refractivity contribution >= 4 is 28.4 Å². The summed E-state index contributed by atoms with van der Waals surface area (Å²) in [6.07, 6.45) is 11.1. The fraction of sp³-hybridized carbons (Fsp3) is 0.476. The average molecular weight is 368 g/mol. The first-order chi connectivity index (χ1) is 12.5. The summed E-state index contributed by atoms with van der Waals surface area (Å²) in [7, 11) is 0. The normalized spacial score (nSPS) is 25.4. The van der Waals surface area contributed by atoms with E-state index in [1.165, 1.54) is 17.3 Å². The molecular weight excluding hydrogens is 342 g/mol. The van der Waals surface area contributed by atoms with E-state index in [1.807, 2.05) is 11.8 Å². The molecule has 1 saturated heterocycles. The maximum absolute atomic E-state index is 13.1. The molecule has 0 radical (unpaired) electrons. The zero-order chi connectivity index (χ0) is 18.4. The van der Waals surface area contributed by atoms with Crippen LogP contribution in [0.3, 0.4) is 0 Å². The van der Waals surface area contributed by atoms with E-state index in [0.717, 1.165) is 60.4 Å². The molecule has 4 nitrogen and oxygen atoms in total. The molecule has 2 fully saturated rings. The lowest BCUT2D eigenvalue weighted by atomic mass is 9.87. The van der Waals surface area contributed by atoms with Gasteiger partial charge in [-0.2, -0.15) is 0 Å². The minimum Gasteiger partial charge on any atom is -0.337 e. The molecule has 26 heavy (non-hydrogen) atoms. The molecule has 2 aliphatic heterocycles. The van der Waals surface area contributed by atoms with Crippen molar-refractivity contribution < 1.29 is 4.79 Å². The molecule has 5 heteroatoms. The summed E-state index contributed by atoms with van der Waals surface area (Å²) in [6, 6.07) is 0. The topological polar surface area (TPSA) is 68.0 Å². The van der Waals surface area contributed by atoms with Gasteiger partial charge in [0.15, 0.2) is 0 Å². The lowest BCUT2D eigenvalue weighted by molar-refractivity contribution is -0.131. The van der Waals surface area contributed by atoms with Crippen LogP contribution in [0.2, 0.25) is 0 Å². The smallest absolute Gasteiger partial charge is 0.261 e. The molecule has 4 aliphatic rings. The van der Waals surface area contributed by atoms with Gasteiger partial charge in [0.2, 0.25) is 0 Å². The van der Waals surface area contributed by atoms with Crippen molar-refractivity contribution in [2.45, 2.75) is 39.5 Å². The minimum absolute atomic E-state index is 0.0868. The number of hydrogen-bond acceptors (Lipinski definition) is 4. The van der Waals surface area contributed by atoms with Crippen LogP contribution in [0.1, 0.15) is 39.5 Å². The third-order valence-corrected chi connectivity index (χ3v) is 6.73. The van der Waals surface area contributed by atoms with E-state index < -0.39 is 0 Å². The van der Waals surface area contributed by atoms with Crippen LogP contribution in [0.15, 0.2) is 45.4 Å². The Bertz CT molecular complexity index is 820. The molecule has 0 aromatic carbocycles. The molecule has 0 aromatic heterocycles. The number of carbonyl (C=O) groups excluding carboxylic acids is 1. The summed E-state index contributed by atoms with van der Waals surface area (Å²) in [4.78, 5) is 15.8. The second-order valence-corrected chi connectivity index (χ2v) is 8.68. The quantitative estimate of drug-likeness (QED) is 0.720. The summed E-state index contributed by atoms with van der Waals surface area (Å²) in [5.74, 6) is 0.949. The van der Waals surface area contributed by atoms with Gasteiger partial charge in [-0.3, -0.25) is 10.2 Å². The maximum Gasteiger partial charge on any atom is 0.261 e. The van der Waals surface area contributed by atoms with Gasteiger partial charge in [0.05, 0.1) is 9.95 Å². The average Bonchev–Trinajstić information content (AvgIpc) is 3.36. The minimum atomic E-state index is 0.0868. The Morgan fingerprint density at radius 3 is 2.50 bits per heavy atom. The van der Waals surface area contributed by atoms with E-state index in [0.29, 0.717) is 22.6 Å². The molecule has 0 atom stereocenters. The highest BCUT2D eigenvalue weighted by Crippen LogP contribution is 2.51. The number of likely N-dealkylation sites (tertiary alicyclic amines) is 1. The Morgan fingerprint density at radius 1 is 1.19 bits per heavy atom. The van der Waals surface area contributed by atoms with Gasteiger partial charge in [0.25, 0.3) is 5.91 Å². The third-order valence-electron chi connectivity index (χ3n) is 5.73. The van der Waals surface area contributed by atoms with Gasteiger partial charge in [0.1, 0.15) is 0 Å². The molecule has 1 saturated carbocycles. The SMILES string of the molecule is CC(=N)/C(C)=C1\C(=N)SC(C(=O)N2CC(C3=CCCC=C3)C2)=C1C1CC1. The van der Waals surface area contributed by atoms with Crippen LogP contribution >= 0.6 is 11.8 Å². The van der Waals surface area contributed by atoms with Crippen molar-refractivity contribution in [3.63, 3.8) is 0 Å². The van der Waals surface area contributed by atoms with E-state index in [4.69, 9.17) is 10.8 Å². The van der Waals surface area contributed by atoms with Gasteiger partial charge in [-0.05, 0) is 62.2 Å². The zero-order valence-corrected chi connectivity index (χ0v) is 16.2. The van der Waals surface area contributed by atoms with Crippen LogP contribution in [-0.2, 0) is 4.79 Å². The predicted octanol–water partition coefficient (Wildman–Crippen LogP) is 4.47. The van der Waals surface area contributed by atoms with Gasteiger partial charge >= 0.3 is 0 Å². The Balaban J connectivity index is 1.56. The van der Waals surface area contributed by atoms with Crippen LogP contribution in [0, 0.1) is 22.7 Å². The molecule has 2 aliphatic carbocycles. The van der Waals surface area contributed by atoms with Crippen LogP contribution in [0.5, 0.6) is 0 Å². The van der Waals surface area contributed by atoms with Gasteiger partial charge in [0, 0.05) is 30.3 Å². The van der Waals surface area contributed by atoms with Crippen molar-refractivity contribution in [3.8, 4) is 0 Å². The fourth-order valence-corrected chi connectivity index (χ4v) is 5.02. The van der Waals surface area contributed by atoms with Crippen molar-refractivity contribution in [1.29, 1.82) is 10.8 Å². The number of nitrogens with one attached hydrogen (secondary N) is 2. The predicted molar refractivity (Wildman–Crippen MR) is 108 cm³/mol. The van der Waals surface area contributed by atoms with Crippen molar-refractivity contribution in [1.82, 2.24) is 4.90 Å². The number of carbonyl (C=O) groups is 1. The van der Waals surface area contributed by atoms with Gasteiger partial charge in [-0.1, -0.05) is 30.0 Å². The van der Waals surface area contributed by atoms with E-state index in [9.17, 15) is 4.79 Å². The Morgan fingerprint density at radius 2 is 1.92 bits per heavy atom. The first kappa shape index (κ1) is 17.5. The maximum atomic E-state index is 13.1. The monoisotopic (exact) mass is 367 g/mol. The molecular formula is C21H25N3OS. The largest absolute Gasteiger partial charge is 0.337 e. The van der Waals surface area contributed by atoms with E-state index in [2.05, 4.69) is 18.2 Å².